The molecule has 0 saturated heterocycles. The second-order valence-corrected chi connectivity index (χ2v) is 17.4. The monoisotopic (exact) mass is 647 g/mol. The summed E-state index contributed by atoms with van der Waals surface area (Å²) >= 11 is 3.14. The maximum absolute atomic E-state index is 13.8. The first-order valence-electron chi connectivity index (χ1n) is 12.9. The van der Waals surface area contributed by atoms with Crippen LogP contribution in [-0.2, 0) is 9.16 Å². The lowest BCUT2D eigenvalue weighted by Gasteiger charge is -2.40. The van der Waals surface area contributed by atoms with Gasteiger partial charge in [-0.1, -0.05) is 20.8 Å². The fourth-order valence-corrected chi connectivity index (χ4v) is 5.14. The molecule has 0 saturated carbocycles. The van der Waals surface area contributed by atoms with Crippen LogP contribution in [-0.4, -0.2) is 52.0 Å². The van der Waals surface area contributed by atoms with E-state index < -0.39 is 38.0 Å². The highest BCUT2D eigenvalue weighted by Crippen LogP contribution is 2.38. The molecule has 2 rings (SSSR count). The van der Waals surface area contributed by atoms with E-state index in [-0.39, 0.29) is 23.8 Å². The van der Waals surface area contributed by atoms with E-state index >= 15 is 0 Å². The number of hydrogen-bond acceptors (Lipinski definition) is 6. The van der Waals surface area contributed by atoms with Crippen molar-refractivity contribution in [2.75, 3.05) is 20.8 Å². The van der Waals surface area contributed by atoms with Crippen molar-refractivity contribution in [2.24, 2.45) is 0 Å². The maximum Gasteiger partial charge on any atom is 0.407 e. The maximum atomic E-state index is 13.8. The Kier molecular flexibility index (Phi) is 13.6. The summed E-state index contributed by atoms with van der Waals surface area (Å²) in [6.45, 7) is 16.1. The van der Waals surface area contributed by atoms with Crippen LogP contribution in [0.1, 0.15) is 59.6 Å². The van der Waals surface area contributed by atoms with Gasteiger partial charge in [-0.15, -0.1) is 0 Å². The zero-order chi connectivity index (χ0) is 30.9. The number of rotatable bonds is 9. The van der Waals surface area contributed by atoms with E-state index in [1.54, 1.807) is 26.8 Å². The molecule has 226 valence electrons. The van der Waals surface area contributed by atoms with Crippen molar-refractivity contribution in [3.8, 4) is 11.5 Å². The average molecular weight is 649 g/mol. The third kappa shape index (κ3) is 12.1. The van der Waals surface area contributed by atoms with Crippen LogP contribution < -0.4 is 14.8 Å². The van der Waals surface area contributed by atoms with Gasteiger partial charge >= 0.3 is 6.09 Å². The minimum absolute atomic E-state index is 0.0569. The number of alkyl carbamates (subject to hydrolysis) is 1. The van der Waals surface area contributed by atoms with E-state index in [1.165, 1.54) is 44.6 Å². The Labute approximate surface area is 246 Å². The van der Waals surface area contributed by atoms with Crippen molar-refractivity contribution < 1.29 is 37.3 Å². The van der Waals surface area contributed by atoms with Crippen LogP contribution in [0.3, 0.4) is 0 Å². The largest absolute Gasteiger partial charge is 0.496 e. The molecular formula is C29H44BrF2NO6Si. The van der Waals surface area contributed by atoms with Crippen molar-refractivity contribution in [3.05, 3.63) is 58.1 Å². The van der Waals surface area contributed by atoms with Crippen LogP contribution in [0.15, 0.2) is 40.9 Å². The number of carbonyl (C=O) groups is 1. The smallest absolute Gasteiger partial charge is 0.407 e. The highest BCUT2D eigenvalue weighted by atomic mass is 79.9. The number of amides is 1. The number of carbonyl (C=O) groups excluding carboxylic acids is 1. The molecule has 2 atom stereocenters. The van der Waals surface area contributed by atoms with Gasteiger partial charge in [-0.3, -0.25) is 0 Å². The molecule has 2 N–H and O–H groups in total. The Bertz CT molecular complexity index is 1100. The summed E-state index contributed by atoms with van der Waals surface area (Å²) in [5.74, 6) is 0.308. The zero-order valence-electron chi connectivity index (χ0n) is 25.2. The molecule has 0 heterocycles. The lowest BCUT2D eigenvalue weighted by Crippen LogP contribution is -2.47. The van der Waals surface area contributed by atoms with E-state index in [0.717, 1.165) is 0 Å². The fourth-order valence-electron chi connectivity index (χ4n) is 3.26. The number of aliphatic hydroxyl groups excluding tert-OH is 1. The first kappa shape index (κ1) is 35.8. The molecule has 0 aromatic heterocycles. The number of ether oxygens (including phenoxy) is 3. The molecule has 1 amide bonds. The molecule has 0 aliphatic rings. The molecule has 0 fully saturated rings. The molecule has 0 aliphatic heterocycles. The van der Waals surface area contributed by atoms with E-state index in [9.17, 15) is 18.7 Å². The standard InChI is InChI=1S/C22H38FNO5Si.C7H6BrFO/c1-21(2,3)28-20(26)24-14-16(29-30(8,9)22(4,5)6)13-18(25)17-12-15(23)10-11-19(17)27-7;1-10-7-3-2-5(9)4-6(7)8/h10-12,16,18,25H,13-14H2,1-9H3,(H,24,26);2-4H,1H3/t16-,18?;/m1./s1. The third-order valence-corrected chi connectivity index (χ3v) is 11.4. The van der Waals surface area contributed by atoms with E-state index in [0.29, 0.717) is 21.5 Å². The molecule has 0 spiro atoms. The Morgan fingerprint density at radius 2 is 1.50 bits per heavy atom. The predicted octanol–water partition coefficient (Wildman–Crippen LogP) is 7.77. The summed E-state index contributed by atoms with van der Waals surface area (Å²) in [4.78, 5) is 12.1. The SMILES string of the molecule is COc1ccc(F)cc1Br.COc1ccc(F)cc1C(O)C[C@H](CNC(=O)OC(C)(C)C)O[Si](C)(C)C(C)(C)C. The first-order chi connectivity index (χ1) is 18.3. The molecule has 11 heteroatoms. The quantitative estimate of drug-likeness (QED) is 0.270. The Morgan fingerprint density at radius 1 is 0.975 bits per heavy atom. The minimum Gasteiger partial charge on any atom is -0.496 e. The molecule has 0 aliphatic carbocycles. The number of aliphatic hydroxyl groups is 1. The van der Waals surface area contributed by atoms with Crippen LogP contribution in [0.4, 0.5) is 13.6 Å². The van der Waals surface area contributed by atoms with Crippen LogP contribution >= 0.6 is 15.9 Å². The molecule has 0 radical (unpaired) electrons. The zero-order valence-corrected chi connectivity index (χ0v) is 27.7. The molecule has 0 bridgehead atoms. The van der Waals surface area contributed by atoms with Gasteiger partial charge in [-0.25, -0.2) is 13.6 Å². The molecule has 1 unspecified atom stereocenters. The van der Waals surface area contributed by atoms with Gasteiger partial charge in [0.15, 0.2) is 8.32 Å². The van der Waals surface area contributed by atoms with Gasteiger partial charge in [0.25, 0.3) is 0 Å². The fraction of sp³-hybridized carbons (Fsp3) is 0.552. The lowest BCUT2D eigenvalue weighted by molar-refractivity contribution is 0.0451. The van der Waals surface area contributed by atoms with Crippen LogP contribution in [0, 0.1) is 11.6 Å². The van der Waals surface area contributed by atoms with Gasteiger partial charge in [-0.2, -0.15) is 0 Å². The summed E-state index contributed by atoms with van der Waals surface area (Å²) in [5, 5.41) is 13.5. The topological polar surface area (TPSA) is 86.2 Å². The van der Waals surface area contributed by atoms with Crippen molar-refractivity contribution in [1.29, 1.82) is 0 Å². The van der Waals surface area contributed by atoms with Gasteiger partial charge in [-0.05, 0) is 91.2 Å². The molecular weight excluding hydrogens is 604 g/mol. The second kappa shape index (κ2) is 15.1. The molecule has 7 nitrogen and oxygen atoms in total. The van der Waals surface area contributed by atoms with Crippen molar-refractivity contribution in [3.63, 3.8) is 0 Å². The minimum atomic E-state index is -2.20. The molecule has 2 aromatic rings. The van der Waals surface area contributed by atoms with Gasteiger partial charge in [0.1, 0.15) is 28.7 Å². The third-order valence-electron chi connectivity index (χ3n) is 6.29. The highest BCUT2D eigenvalue weighted by molar-refractivity contribution is 9.10. The molecule has 40 heavy (non-hydrogen) atoms. The highest BCUT2D eigenvalue weighted by Gasteiger charge is 2.40. The number of benzene rings is 2. The Hall–Kier alpha value is -2.21. The van der Waals surface area contributed by atoms with Crippen LogP contribution in [0.25, 0.3) is 0 Å². The normalized spacial score (nSPS) is 13.4. The second-order valence-electron chi connectivity index (χ2n) is 11.8. The Morgan fingerprint density at radius 3 is 1.98 bits per heavy atom. The number of methoxy groups -OCH3 is 2. The molecule has 2 aromatic carbocycles. The number of halogens is 3. The summed E-state index contributed by atoms with van der Waals surface area (Å²) in [6.07, 6.45) is -1.89. The summed E-state index contributed by atoms with van der Waals surface area (Å²) in [5.41, 5.74) is -0.271. The average Bonchev–Trinajstić information content (AvgIpc) is 2.81. The van der Waals surface area contributed by atoms with E-state index in [2.05, 4.69) is 55.1 Å². The van der Waals surface area contributed by atoms with Crippen LogP contribution in [0.2, 0.25) is 18.1 Å². The van der Waals surface area contributed by atoms with Crippen molar-refractivity contribution in [1.82, 2.24) is 5.32 Å². The van der Waals surface area contributed by atoms with Crippen molar-refractivity contribution in [2.45, 2.75) is 83.9 Å². The first-order valence-corrected chi connectivity index (χ1v) is 16.6. The van der Waals surface area contributed by atoms with E-state index in [4.69, 9.17) is 18.6 Å². The number of hydrogen-bond donors (Lipinski definition) is 2. The Balaban J connectivity index is 0.000000667. The van der Waals surface area contributed by atoms with Gasteiger partial charge < -0.3 is 29.1 Å². The van der Waals surface area contributed by atoms with Gasteiger partial charge in [0.2, 0.25) is 0 Å². The lowest BCUT2D eigenvalue weighted by atomic mass is 10.0. The predicted molar refractivity (Wildman–Crippen MR) is 159 cm³/mol. The summed E-state index contributed by atoms with van der Waals surface area (Å²) in [6, 6.07) is 8.30. The van der Waals surface area contributed by atoms with Gasteiger partial charge in [0.05, 0.1) is 30.9 Å². The van der Waals surface area contributed by atoms with Gasteiger partial charge in [0, 0.05) is 18.5 Å². The van der Waals surface area contributed by atoms with Crippen LogP contribution in [0.5, 0.6) is 11.5 Å². The summed E-state index contributed by atoms with van der Waals surface area (Å²) < 4.78 is 48.7. The van der Waals surface area contributed by atoms with Crippen molar-refractivity contribution >= 4 is 30.3 Å². The number of nitrogens with one attached hydrogen (secondary N) is 1. The van der Waals surface area contributed by atoms with E-state index in [1.807, 2.05) is 0 Å². The summed E-state index contributed by atoms with van der Waals surface area (Å²) in [7, 11) is 0.813.